The minimum absolute atomic E-state index is 0.111. The lowest BCUT2D eigenvalue weighted by molar-refractivity contribution is -0.118. The van der Waals surface area contributed by atoms with Gasteiger partial charge < -0.3 is 25.0 Å². The molecule has 1 saturated heterocycles. The molecule has 0 bridgehead atoms. The summed E-state index contributed by atoms with van der Waals surface area (Å²) in [6.07, 6.45) is 2.50. The standard InChI is InChI=1S/C24H31N3O4/c1-4-23(28)27(20-9-6-12-25-16-20)19-8-5-7-17(13-19)15-26-24(29)18-10-11-21(30-2)22(14-18)31-3/h5,7-8,10-11,13-14,20,25H,4,6,9,12,15-16H2,1-3H3,(H,26,29). The van der Waals surface area contributed by atoms with Crippen molar-refractivity contribution >= 4 is 17.5 Å². The van der Waals surface area contributed by atoms with Crippen LogP contribution in [0.4, 0.5) is 5.69 Å². The van der Waals surface area contributed by atoms with Gasteiger partial charge in [0.1, 0.15) is 0 Å². The average Bonchev–Trinajstić information content (AvgIpc) is 2.83. The van der Waals surface area contributed by atoms with Gasteiger partial charge in [-0.3, -0.25) is 9.59 Å². The van der Waals surface area contributed by atoms with Crippen molar-refractivity contribution in [2.24, 2.45) is 0 Å². The summed E-state index contributed by atoms with van der Waals surface area (Å²) in [7, 11) is 3.09. The molecule has 0 aliphatic carbocycles. The van der Waals surface area contributed by atoms with Gasteiger partial charge in [0, 0.05) is 36.8 Å². The van der Waals surface area contributed by atoms with Gasteiger partial charge in [-0.25, -0.2) is 0 Å². The van der Waals surface area contributed by atoms with E-state index in [1.165, 1.54) is 7.11 Å². The number of nitrogens with zero attached hydrogens (tertiary/aromatic N) is 1. The SMILES string of the molecule is CCC(=O)N(c1cccc(CNC(=O)c2ccc(OC)c(OC)c2)c1)C1CCCNC1. The molecule has 3 rings (SSSR count). The highest BCUT2D eigenvalue weighted by Crippen LogP contribution is 2.27. The first-order valence-electron chi connectivity index (χ1n) is 10.7. The lowest BCUT2D eigenvalue weighted by Gasteiger charge is -2.35. The van der Waals surface area contributed by atoms with Crippen molar-refractivity contribution in [1.29, 1.82) is 0 Å². The van der Waals surface area contributed by atoms with Crippen molar-refractivity contribution in [3.63, 3.8) is 0 Å². The van der Waals surface area contributed by atoms with E-state index in [1.54, 1.807) is 25.3 Å². The van der Waals surface area contributed by atoms with E-state index in [9.17, 15) is 9.59 Å². The van der Waals surface area contributed by atoms with Crippen molar-refractivity contribution in [3.8, 4) is 11.5 Å². The molecule has 2 aromatic carbocycles. The molecule has 0 spiro atoms. The number of methoxy groups -OCH3 is 2. The largest absolute Gasteiger partial charge is 0.493 e. The molecule has 1 aliphatic heterocycles. The molecule has 2 N–H and O–H groups in total. The van der Waals surface area contributed by atoms with Crippen molar-refractivity contribution in [1.82, 2.24) is 10.6 Å². The van der Waals surface area contributed by atoms with Gasteiger partial charge in [-0.05, 0) is 55.3 Å². The molecular weight excluding hydrogens is 394 g/mol. The smallest absolute Gasteiger partial charge is 0.251 e. The van der Waals surface area contributed by atoms with Crippen LogP contribution in [0.5, 0.6) is 11.5 Å². The Morgan fingerprint density at radius 1 is 1.13 bits per heavy atom. The number of amides is 2. The first kappa shape index (κ1) is 22.6. The maximum atomic E-state index is 12.7. The molecule has 31 heavy (non-hydrogen) atoms. The van der Waals surface area contributed by atoms with Gasteiger partial charge in [0.15, 0.2) is 11.5 Å². The highest BCUT2D eigenvalue weighted by atomic mass is 16.5. The van der Waals surface area contributed by atoms with Gasteiger partial charge in [0.05, 0.1) is 14.2 Å². The van der Waals surface area contributed by atoms with E-state index in [-0.39, 0.29) is 17.9 Å². The Morgan fingerprint density at radius 3 is 2.61 bits per heavy atom. The minimum Gasteiger partial charge on any atom is -0.493 e. The molecule has 7 nitrogen and oxygen atoms in total. The van der Waals surface area contributed by atoms with Gasteiger partial charge in [-0.2, -0.15) is 0 Å². The fourth-order valence-corrected chi connectivity index (χ4v) is 3.86. The number of nitrogens with one attached hydrogen (secondary N) is 2. The quantitative estimate of drug-likeness (QED) is 0.679. The third-order valence-corrected chi connectivity index (χ3v) is 5.49. The first-order chi connectivity index (χ1) is 15.1. The lowest BCUT2D eigenvalue weighted by atomic mass is 10.0. The van der Waals surface area contributed by atoms with E-state index in [0.29, 0.717) is 30.0 Å². The van der Waals surface area contributed by atoms with E-state index in [4.69, 9.17) is 9.47 Å². The third-order valence-electron chi connectivity index (χ3n) is 5.49. The maximum absolute atomic E-state index is 12.7. The predicted octanol–water partition coefficient (Wildman–Crippen LogP) is 3.13. The summed E-state index contributed by atoms with van der Waals surface area (Å²) in [5.74, 6) is 0.987. The fraction of sp³-hybridized carbons (Fsp3) is 0.417. The van der Waals surface area contributed by atoms with Crippen LogP contribution in [0.2, 0.25) is 0 Å². The van der Waals surface area contributed by atoms with E-state index < -0.39 is 0 Å². The number of ether oxygens (including phenoxy) is 2. The summed E-state index contributed by atoms with van der Waals surface area (Å²) in [5.41, 5.74) is 2.30. The zero-order chi connectivity index (χ0) is 22.2. The van der Waals surface area contributed by atoms with Crippen molar-refractivity contribution in [3.05, 3.63) is 53.6 Å². The number of hydrogen-bond acceptors (Lipinski definition) is 5. The minimum atomic E-state index is -0.204. The first-order valence-corrected chi connectivity index (χ1v) is 10.7. The molecular formula is C24H31N3O4. The maximum Gasteiger partial charge on any atom is 0.251 e. The summed E-state index contributed by atoms with van der Waals surface area (Å²) in [5, 5.41) is 6.33. The predicted molar refractivity (Wildman–Crippen MR) is 121 cm³/mol. The van der Waals surface area contributed by atoms with Crippen molar-refractivity contribution in [2.75, 3.05) is 32.2 Å². The van der Waals surface area contributed by atoms with Crippen LogP contribution in [0.25, 0.3) is 0 Å². The van der Waals surface area contributed by atoms with Gasteiger partial charge in [-0.1, -0.05) is 19.1 Å². The molecule has 2 amide bonds. The van der Waals surface area contributed by atoms with E-state index in [1.807, 2.05) is 36.1 Å². The summed E-state index contributed by atoms with van der Waals surface area (Å²) >= 11 is 0. The van der Waals surface area contributed by atoms with E-state index >= 15 is 0 Å². The average molecular weight is 426 g/mol. The number of piperidine rings is 1. The Labute approximate surface area is 183 Å². The van der Waals surface area contributed by atoms with Gasteiger partial charge in [0.25, 0.3) is 5.91 Å². The Bertz CT molecular complexity index is 909. The van der Waals surface area contributed by atoms with Crippen LogP contribution in [0.1, 0.15) is 42.1 Å². The molecule has 1 fully saturated rings. The summed E-state index contributed by atoms with van der Waals surface area (Å²) in [4.78, 5) is 27.2. The van der Waals surface area contributed by atoms with Crippen molar-refractivity contribution in [2.45, 2.75) is 38.8 Å². The van der Waals surface area contributed by atoms with Gasteiger partial charge >= 0.3 is 0 Å². The number of rotatable bonds is 8. The zero-order valence-corrected chi connectivity index (χ0v) is 18.4. The molecule has 166 valence electrons. The van der Waals surface area contributed by atoms with Crippen LogP contribution >= 0.6 is 0 Å². The number of hydrogen-bond donors (Lipinski definition) is 2. The molecule has 0 aromatic heterocycles. The number of carbonyl (C=O) groups is 2. The Hall–Kier alpha value is -3.06. The van der Waals surface area contributed by atoms with Gasteiger partial charge in [-0.15, -0.1) is 0 Å². The van der Waals surface area contributed by atoms with Crippen molar-refractivity contribution < 1.29 is 19.1 Å². The Morgan fingerprint density at radius 2 is 1.94 bits per heavy atom. The zero-order valence-electron chi connectivity index (χ0n) is 18.4. The van der Waals surface area contributed by atoms with Crippen LogP contribution in [-0.2, 0) is 11.3 Å². The van der Waals surface area contributed by atoms with Crippen LogP contribution in [0.15, 0.2) is 42.5 Å². The highest BCUT2D eigenvalue weighted by molar-refractivity contribution is 5.95. The molecule has 0 saturated carbocycles. The second kappa shape index (κ2) is 10.8. The number of anilines is 1. The highest BCUT2D eigenvalue weighted by Gasteiger charge is 2.26. The fourth-order valence-electron chi connectivity index (χ4n) is 3.86. The van der Waals surface area contributed by atoms with E-state index in [2.05, 4.69) is 10.6 Å². The van der Waals surface area contributed by atoms with Crippen LogP contribution < -0.4 is 25.0 Å². The Balaban J connectivity index is 1.72. The van der Waals surface area contributed by atoms with E-state index in [0.717, 1.165) is 37.2 Å². The van der Waals surface area contributed by atoms with Gasteiger partial charge in [0.2, 0.25) is 5.91 Å². The number of carbonyl (C=O) groups excluding carboxylic acids is 2. The second-order valence-corrected chi connectivity index (χ2v) is 7.54. The van der Waals surface area contributed by atoms with Crippen LogP contribution in [-0.4, -0.2) is 45.2 Å². The Kier molecular flexibility index (Phi) is 7.89. The van der Waals surface area contributed by atoms with Crippen LogP contribution in [0, 0.1) is 0 Å². The lowest BCUT2D eigenvalue weighted by Crippen LogP contribution is -2.48. The second-order valence-electron chi connectivity index (χ2n) is 7.54. The third kappa shape index (κ3) is 5.55. The molecule has 2 aromatic rings. The summed E-state index contributed by atoms with van der Waals surface area (Å²) in [6.45, 7) is 4.04. The monoisotopic (exact) mass is 425 g/mol. The molecule has 0 radical (unpaired) electrons. The number of benzene rings is 2. The molecule has 1 heterocycles. The summed E-state index contributed by atoms with van der Waals surface area (Å²) in [6, 6.07) is 13.0. The molecule has 7 heteroatoms. The molecule has 1 unspecified atom stereocenters. The normalized spacial score (nSPS) is 15.8. The topological polar surface area (TPSA) is 79.9 Å². The molecule has 1 atom stereocenters. The molecule has 1 aliphatic rings. The van der Waals surface area contributed by atoms with Crippen LogP contribution in [0.3, 0.4) is 0 Å². The summed E-state index contributed by atoms with van der Waals surface area (Å²) < 4.78 is 10.5.